The quantitative estimate of drug-likeness (QED) is 0.778. The summed E-state index contributed by atoms with van der Waals surface area (Å²) in [6.07, 6.45) is 0. The normalized spacial score (nSPS) is 12.0. The van der Waals surface area contributed by atoms with E-state index in [4.69, 9.17) is 14.9 Å². The van der Waals surface area contributed by atoms with E-state index in [0.717, 1.165) is 11.3 Å². The number of ether oxygens (including phenoxy) is 1. The van der Waals surface area contributed by atoms with Gasteiger partial charge in [-0.25, -0.2) is 0 Å². The van der Waals surface area contributed by atoms with Gasteiger partial charge in [0.1, 0.15) is 11.8 Å². The summed E-state index contributed by atoms with van der Waals surface area (Å²) in [5.74, 6) is 1.54. The number of benzene rings is 2. The number of aromatic nitrogens is 2. The van der Waals surface area contributed by atoms with Crippen LogP contribution in [0.4, 0.5) is 0 Å². The first kappa shape index (κ1) is 13.3. The van der Waals surface area contributed by atoms with Crippen molar-refractivity contribution in [3.8, 4) is 5.75 Å². The smallest absolute Gasteiger partial charge is 0.253 e. The molecule has 1 unspecified atom stereocenters. The van der Waals surface area contributed by atoms with Gasteiger partial charge in [-0.3, -0.25) is 0 Å². The van der Waals surface area contributed by atoms with Crippen LogP contribution in [0.2, 0.25) is 0 Å². The van der Waals surface area contributed by atoms with Gasteiger partial charge in [-0.05, 0) is 17.7 Å². The van der Waals surface area contributed by atoms with Crippen molar-refractivity contribution in [1.29, 1.82) is 0 Å². The van der Waals surface area contributed by atoms with Gasteiger partial charge in [-0.2, -0.15) is 0 Å². The average molecular weight is 281 g/mol. The zero-order chi connectivity index (χ0) is 14.5. The van der Waals surface area contributed by atoms with Crippen LogP contribution in [0.25, 0.3) is 0 Å². The van der Waals surface area contributed by atoms with Crippen LogP contribution in [-0.4, -0.2) is 10.2 Å². The molecule has 1 atom stereocenters. The topological polar surface area (TPSA) is 74.2 Å². The number of para-hydroxylation sites is 1. The summed E-state index contributed by atoms with van der Waals surface area (Å²) in [6.45, 7) is 0.221. The molecule has 106 valence electrons. The molecule has 0 saturated heterocycles. The van der Waals surface area contributed by atoms with E-state index in [1.54, 1.807) is 0 Å². The van der Waals surface area contributed by atoms with Crippen LogP contribution in [0.15, 0.2) is 65.1 Å². The Kier molecular flexibility index (Phi) is 3.93. The minimum absolute atomic E-state index is 0.221. The lowest BCUT2D eigenvalue weighted by molar-refractivity contribution is 0.257. The number of nitrogens with two attached hydrogens (primary N) is 1. The Hall–Kier alpha value is -2.66. The Morgan fingerprint density at radius 3 is 2.33 bits per heavy atom. The first-order valence-corrected chi connectivity index (χ1v) is 6.63. The fourth-order valence-electron chi connectivity index (χ4n) is 1.92. The van der Waals surface area contributed by atoms with Gasteiger partial charge in [0.15, 0.2) is 6.61 Å². The SMILES string of the molecule is NC(c1ccccc1)c1nnc(COc2ccccc2)o1. The van der Waals surface area contributed by atoms with Crippen LogP contribution in [0, 0.1) is 0 Å². The summed E-state index contributed by atoms with van der Waals surface area (Å²) in [6, 6.07) is 18.7. The van der Waals surface area contributed by atoms with E-state index in [1.807, 2.05) is 60.7 Å². The van der Waals surface area contributed by atoms with E-state index in [1.165, 1.54) is 0 Å². The maximum absolute atomic E-state index is 6.10. The first-order chi connectivity index (χ1) is 10.3. The molecule has 0 aliphatic carbocycles. The third kappa shape index (κ3) is 3.27. The predicted molar refractivity (Wildman–Crippen MR) is 77.5 cm³/mol. The minimum atomic E-state index is -0.427. The molecule has 0 radical (unpaired) electrons. The molecule has 5 heteroatoms. The molecule has 3 rings (SSSR count). The summed E-state index contributed by atoms with van der Waals surface area (Å²) < 4.78 is 11.1. The largest absolute Gasteiger partial charge is 0.484 e. The number of hydrogen-bond donors (Lipinski definition) is 1. The van der Waals surface area contributed by atoms with Crippen molar-refractivity contribution in [2.75, 3.05) is 0 Å². The van der Waals surface area contributed by atoms with Crippen LogP contribution in [0.1, 0.15) is 23.4 Å². The standard InChI is InChI=1S/C16H15N3O2/c17-15(12-7-3-1-4-8-12)16-19-18-14(21-16)11-20-13-9-5-2-6-10-13/h1-10,15H,11,17H2. The molecular weight excluding hydrogens is 266 g/mol. The van der Waals surface area contributed by atoms with Gasteiger partial charge in [-0.15, -0.1) is 10.2 Å². The molecule has 21 heavy (non-hydrogen) atoms. The molecule has 0 aliphatic rings. The Labute approximate surface area is 122 Å². The van der Waals surface area contributed by atoms with Gasteiger partial charge >= 0.3 is 0 Å². The lowest BCUT2D eigenvalue weighted by atomic mass is 10.1. The first-order valence-electron chi connectivity index (χ1n) is 6.63. The maximum atomic E-state index is 6.10. The fraction of sp³-hybridized carbons (Fsp3) is 0.125. The van der Waals surface area contributed by atoms with Crippen LogP contribution < -0.4 is 10.5 Å². The molecule has 0 fully saturated rings. The van der Waals surface area contributed by atoms with Crippen LogP contribution in [-0.2, 0) is 6.61 Å². The maximum Gasteiger partial charge on any atom is 0.253 e. The second-order valence-corrected chi connectivity index (χ2v) is 4.52. The average Bonchev–Trinajstić information content (AvgIpc) is 3.03. The summed E-state index contributed by atoms with van der Waals surface area (Å²) in [5.41, 5.74) is 7.03. The lowest BCUT2D eigenvalue weighted by Crippen LogP contribution is -2.12. The third-order valence-corrected chi connectivity index (χ3v) is 3.01. The van der Waals surface area contributed by atoms with Crippen LogP contribution in [0.3, 0.4) is 0 Å². The molecule has 2 N–H and O–H groups in total. The Morgan fingerprint density at radius 2 is 1.62 bits per heavy atom. The van der Waals surface area contributed by atoms with Crippen molar-refractivity contribution < 1.29 is 9.15 Å². The zero-order valence-electron chi connectivity index (χ0n) is 11.3. The Balaban J connectivity index is 1.66. The highest BCUT2D eigenvalue weighted by atomic mass is 16.5. The lowest BCUT2D eigenvalue weighted by Gasteiger charge is -2.06. The molecule has 1 heterocycles. The summed E-state index contributed by atoms with van der Waals surface area (Å²) in [4.78, 5) is 0. The van der Waals surface area contributed by atoms with Gasteiger partial charge in [0.05, 0.1) is 0 Å². The van der Waals surface area contributed by atoms with Gasteiger partial charge in [0.2, 0.25) is 5.89 Å². The number of hydrogen-bond acceptors (Lipinski definition) is 5. The van der Waals surface area contributed by atoms with Crippen molar-refractivity contribution in [3.63, 3.8) is 0 Å². The van der Waals surface area contributed by atoms with E-state index >= 15 is 0 Å². The molecule has 0 bridgehead atoms. The molecule has 1 aromatic heterocycles. The van der Waals surface area contributed by atoms with E-state index < -0.39 is 6.04 Å². The molecule has 0 amide bonds. The molecule has 3 aromatic rings. The second-order valence-electron chi connectivity index (χ2n) is 4.52. The molecule has 0 spiro atoms. The summed E-state index contributed by atoms with van der Waals surface area (Å²) in [7, 11) is 0. The highest BCUT2D eigenvalue weighted by Gasteiger charge is 2.16. The Morgan fingerprint density at radius 1 is 0.952 bits per heavy atom. The van der Waals surface area contributed by atoms with E-state index in [0.29, 0.717) is 11.8 Å². The highest BCUT2D eigenvalue weighted by molar-refractivity contribution is 5.23. The molecular formula is C16H15N3O2. The van der Waals surface area contributed by atoms with Crippen molar-refractivity contribution in [3.05, 3.63) is 78.0 Å². The fourth-order valence-corrected chi connectivity index (χ4v) is 1.92. The van der Waals surface area contributed by atoms with E-state index in [9.17, 15) is 0 Å². The van der Waals surface area contributed by atoms with E-state index in [2.05, 4.69) is 10.2 Å². The van der Waals surface area contributed by atoms with Crippen molar-refractivity contribution in [1.82, 2.24) is 10.2 Å². The van der Waals surface area contributed by atoms with Crippen molar-refractivity contribution >= 4 is 0 Å². The molecule has 5 nitrogen and oxygen atoms in total. The zero-order valence-corrected chi connectivity index (χ0v) is 11.3. The van der Waals surface area contributed by atoms with Crippen LogP contribution >= 0.6 is 0 Å². The highest BCUT2D eigenvalue weighted by Crippen LogP contribution is 2.18. The number of nitrogens with zero attached hydrogens (tertiary/aromatic N) is 2. The second kappa shape index (κ2) is 6.19. The van der Waals surface area contributed by atoms with Gasteiger partial charge in [-0.1, -0.05) is 48.5 Å². The molecule has 0 saturated carbocycles. The summed E-state index contributed by atoms with van der Waals surface area (Å²) in [5, 5.41) is 7.94. The minimum Gasteiger partial charge on any atom is -0.484 e. The summed E-state index contributed by atoms with van der Waals surface area (Å²) >= 11 is 0. The van der Waals surface area contributed by atoms with Gasteiger partial charge < -0.3 is 14.9 Å². The van der Waals surface area contributed by atoms with E-state index in [-0.39, 0.29) is 6.61 Å². The third-order valence-electron chi connectivity index (χ3n) is 3.01. The van der Waals surface area contributed by atoms with Crippen LogP contribution in [0.5, 0.6) is 5.75 Å². The van der Waals surface area contributed by atoms with Crippen molar-refractivity contribution in [2.45, 2.75) is 12.6 Å². The molecule has 0 aliphatic heterocycles. The number of rotatable bonds is 5. The van der Waals surface area contributed by atoms with Crippen molar-refractivity contribution in [2.24, 2.45) is 5.73 Å². The monoisotopic (exact) mass is 281 g/mol. The predicted octanol–water partition coefficient (Wildman–Crippen LogP) is 2.70. The Bertz CT molecular complexity index is 683. The van der Waals surface area contributed by atoms with Gasteiger partial charge in [0.25, 0.3) is 5.89 Å². The van der Waals surface area contributed by atoms with Gasteiger partial charge in [0, 0.05) is 0 Å². The molecule has 2 aromatic carbocycles.